The van der Waals surface area contributed by atoms with Crippen LogP contribution >= 0.6 is 22.7 Å². The minimum atomic E-state index is 0.750. The second kappa shape index (κ2) is 7.87. The van der Waals surface area contributed by atoms with E-state index in [0.717, 1.165) is 23.6 Å². The van der Waals surface area contributed by atoms with Crippen molar-refractivity contribution in [2.24, 2.45) is 12.8 Å². The van der Waals surface area contributed by atoms with E-state index in [0.29, 0.717) is 0 Å². The first-order chi connectivity index (χ1) is 13.6. The maximum absolute atomic E-state index is 6.07. The number of nitrogens with zero attached hydrogens (tertiary/aromatic N) is 1. The Bertz CT molecular complexity index is 1210. The molecular weight excluding hydrogens is 384 g/mol. The summed E-state index contributed by atoms with van der Waals surface area (Å²) in [5, 5.41) is 4.65. The zero-order chi connectivity index (χ0) is 19.7. The Labute approximate surface area is 173 Å². The number of thiazole rings is 1. The third-order valence-corrected chi connectivity index (χ3v) is 6.55. The van der Waals surface area contributed by atoms with E-state index in [-0.39, 0.29) is 0 Å². The van der Waals surface area contributed by atoms with Crippen LogP contribution in [-0.4, -0.2) is 6.54 Å². The van der Waals surface area contributed by atoms with Crippen molar-refractivity contribution in [1.82, 2.24) is 0 Å². The number of aryl methyl sites for hydroxylation is 2. The molecule has 3 heterocycles. The molecular formula is C23H23N2OS2+. The quantitative estimate of drug-likeness (QED) is 0.414. The van der Waals surface area contributed by atoms with Crippen LogP contribution in [0.15, 0.2) is 53.6 Å². The van der Waals surface area contributed by atoms with Crippen LogP contribution in [0.5, 0.6) is 5.75 Å². The molecule has 0 spiro atoms. The highest BCUT2D eigenvalue weighted by molar-refractivity contribution is 7.19. The van der Waals surface area contributed by atoms with Crippen molar-refractivity contribution in [2.75, 3.05) is 6.54 Å². The third kappa shape index (κ3) is 3.61. The molecule has 2 aromatic carbocycles. The van der Waals surface area contributed by atoms with Crippen molar-refractivity contribution in [1.29, 1.82) is 0 Å². The molecule has 0 bridgehead atoms. The lowest BCUT2D eigenvalue weighted by Gasteiger charge is -2.14. The number of allylic oxidation sites excluding steroid dienone is 1. The summed E-state index contributed by atoms with van der Waals surface area (Å²) in [5.41, 5.74) is 8.50. The van der Waals surface area contributed by atoms with E-state index >= 15 is 0 Å². The summed E-state index contributed by atoms with van der Waals surface area (Å²) in [6.07, 6.45) is 6.30. The Morgan fingerprint density at radius 2 is 1.93 bits per heavy atom. The number of ether oxygens (including phenoxy) is 1. The van der Waals surface area contributed by atoms with Crippen molar-refractivity contribution in [3.63, 3.8) is 0 Å². The number of rotatable bonds is 1. The normalized spacial score (nSPS) is 14.1. The smallest absolute Gasteiger partial charge is 0.266 e. The van der Waals surface area contributed by atoms with Crippen molar-refractivity contribution in [3.05, 3.63) is 69.7 Å². The third-order valence-electron chi connectivity index (χ3n) is 4.53. The van der Waals surface area contributed by atoms with Gasteiger partial charge in [0.05, 0.1) is 6.08 Å². The Kier molecular flexibility index (Phi) is 5.31. The fourth-order valence-electron chi connectivity index (χ4n) is 3.17. The molecule has 0 unspecified atom stereocenters. The second-order valence-corrected chi connectivity index (χ2v) is 8.72. The van der Waals surface area contributed by atoms with E-state index in [4.69, 9.17) is 10.5 Å². The number of hydrogen-bond donors (Lipinski definition) is 1. The highest BCUT2D eigenvalue weighted by Gasteiger charge is 2.18. The summed E-state index contributed by atoms with van der Waals surface area (Å²) in [5.74, 6) is 1.80. The first-order valence-corrected chi connectivity index (χ1v) is 11.0. The van der Waals surface area contributed by atoms with Gasteiger partial charge >= 0.3 is 0 Å². The highest BCUT2D eigenvalue weighted by Crippen LogP contribution is 2.32. The largest absolute Gasteiger partial charge is 0.456 e. The standard InChI is InChI=1S/C21H16NOS2.C2H7N/c1-13-3-6-18-14(9-13)4-5-16(23-18)11-21-22(2)17-12-19-15(7-8-24-19)10-20(17)25-21;1-2-3/h3-12H,1-2H3;2-3H2,1H3/q+1;/b16-11+;. The van der Waals surface area contributed by atoms with E-state index < -0.39 is 0 Å². The number of hydrogen-bond acceptors (Lipinski definition) is 4. The second-order valence-electron chi connectivity index (χ2n) is 6.71. The summed E-state index contributed by atoms with van der Waals surface area (Å²) in [7, 11) is 2.12. The van der Waals surface area contributed by atoms with E-state index in [2.05, 4.69) is 66.4 Å². The zero-order valence-electron chi connectivity index (χ0n) is 16.2. The predicted molar refractivity (Wildman–Crippen MR) is 122 cm³/mol. The van der Waals surface area contributed by atoms with Crippen LogP contribution in [0, 0.1) is 6.92 Å². The molecule has 28 heavy (non-hydrogen) atoms. The van der Waals surface area contributed by atoms with Crippen LogP contribution < -0.4 is 15.0 Å². The maximum Gasteiger partial charge on any atom is 0.266 e. The van der Waals surface area contributed by atoms with Crippen LogP contribution in [0.3, 0.4) is 0 Å². The Balaban J connectivity index is 0.000000604. The van der Waals surface area contributed by atoms with Crippen LogP contribution in [0.1, 0.15) is 23.1 Å². The lowest BCUT2D eigenvalue weighted by Crippen LogP contribution is -2.29. The highest BCUT2D eigenvalue weighted by atomic mass is 32.1. The molecule has 5 rings (SSSR count). The fraction of sp³-hybridized carbons (Fsp3) is 0.174. The number of benzene rings is 2. The van der Waals surface area contributed by atoms with Gasteiger partial charge in [0, 0.05) is 16.3 Å². The van der Waals surface area contributed by atoms with Crippen molar-refractivity contribution in [3.8, 4) is 5.75 Å². The van der Waals surface area contributed by atoms with E-state index in [9.17, 15) is 0 Å². The van der Waals surface area contributed by atoms with Gasteiger partial charge in [-0.2, -0.15) is 4.57 Å². The molecule has 1 aliphatic rings. The van der Waals surface area contributed by atoms with Gasteiger partial charge in [-0.25, -0.2) is 0 Å². The summed E-state index contributed by atoms with van der Waals surface area (Å²) in [4.78, 5) is 0. The predicted octanol–water partition coefficient (Wildman–Crippen LogP) is 5.66. The van der Waals surface area contributed by atoms with Gasteiger partial charge in [0.2, 0.25) is 5.52 Å². The van der Waals surface area contributed by atoms with Gasteiger partial charge in [-0.3, -0.25) is 0 Å². The first-order valence-electron chi connectivity index (χ1n) is 9.27. The number of nitrogens with two attached hydrogens (primary N) is 1. The molecule has 0 amide bonds. The minimum absolute atomic E-state index is 0.750. The number of aromatic nitrogens is 1. The average molecular weight is 408 g/mol. The molecule has 0 fully saturated rings. The van der Waals surface area contributed by atoms with Gasteiger partial charge in [-0.1, -0.05) is 29.9 Å². The lowest BCUT2D eigenvalue weighted by atomic mass is 10.1. The van der Waals surface area contributed by atoms with E-state index in [1.165, 1.54) is 30.9 Å². The molecule has 0 saturated heterocycles. The average Bonchev–Trinajstić information content (AvgIpc) is 3.25. The molecule has 0 saturated carbocycles. The monoisotopic (exact) mass is 407 g/mol. The van der Waals surface area contributed by atoms with Gasteiger partial charge in [0.25, 0.3) is 5.01 Å². The number of thiophene rings is 1. The van der Waals surface area contributed by atoms with Gasteiger partial charge in [-0.15, -0.1) is 11.3 Å². The Hall–Kier alpha value is -2.47. The SMILES string of the molecule is CCN.Cc1ccc2c(c1)C=C/C(=C\c1sc3cc4ccsc4cc3[n+]1C)O2. The van der Waals surface area contributed by atoms with Gasteiger partial charge in [0.15, 0.2) is 0 Å². The van der Waals surface area contributed by atoms with Crippen molar-refractivity contribution < 1.29 is 9.30 Å². The summed E-state index contributed by atoms with van der Waals surface area (Å²) in [6.45, 7) is 4.75. The van der Waals surface area contributed by atoms with E-state index in [1.54, 1.807) is 22.7 Å². The van der Waals surface area contributed by atoms with Gasteiger partial charge in [0.1, 0.15) is 23.3 Å². The molecule has 0 atom stereocenters. The number of fused-ring (bicyclic) bond motifs is 3. The zero-order valence-corrected chi connectivity index (χ0v) is 17.9. The van der Waals surface area contributed by atoms with Crippen LogP contribution in [0.2, 0.25) is 0 Å². The van der Waals surface area contributed by atoms with E-state index in [1.807, 2.05) is 19.1 Å². The summed E-state index contributed by atoms with van der Waals surface area (Å²) >= 11 is 3.59. The topological polar surface area (TPSA) is 39.1 Å². The fourth-order valence-corrected chi connectivity index (χ4v) is 5.10. The molecule has 0 aliphatic carbocycles. The lowest BCUT2D eigenvalue weighted by molar-refractivity contribution is -0.642. The molecule has 3 nitrogen and oxygen atoms in total. The van der Waals surface area contributed by atoms with Crippen LogP contribution in [-0.2, 0) is 7.05 Å². The Morgan fingerprint density at radius 1 is 1.11 bits per heavy atom. The minimum Gasteiger partial charge on any atom is -0.456 e. The van der Waals surface area contributed by atoms with Crippen molar-refractivity contribution in [2.45, 2.75) is 13.8 Å². The molecule has 2 N–H and O–H groups in total. The molecule has 2 aromatic heterocycles. The van der Waals surface area contributed by atoms with Crippen LogP contribution in [0.25, 0.3) is 32.5 Å². The molecule has 4 aromatic rings. The van der Waals surface area contributed by atoms with Gasteiger partial charge < -0.3 is 10.5 Å². The summed E-state index contributed by atoms with van der Waals surface area (Å²) < 4.78 is 11.0. The maximum atomic E-state index is 6.07. The molecule has 0 radical (unpaired) electrons. The molecule has 1 aliphatic heterocycles. The molecule has 142 valence electrons. The first kappa shape index (κ1) is 18.9. The van der Waals surface area contributed by atoms with Crippen molar-refractivity contribution >= 4 is 55.1 Å². The molecule has 5 heteroatoms. The van der Waals surface area contributed by atoms with Gasteiger partial charge in [-0.05, 0) is 60.7 Å². The Morgan fingerprint density at radius 3 is 2.75 bits per heavy atom. The summed E-state index contributed by atoms with van der Waals surface area (Å²) in [6, 6.07) is 13.0. The van der Waals surface area contributed by atoms with Crippen LogP contribution in [0.4, 0.5) is 0 Å².